The Morgan fingerprint density at radius 3 is 0.521 bits per heavy atom. The molecule has 0 aliphatic carbocycles. The molecule has 0 spiro atoms. The molecule has 8 heteroatoms. The summed E-state index contributed by atoms with van der Waals surface area (Å²) >= 11 is 0. The quantitative estimate of drug-likeness (QED) is 0.104. The Morgan fingerprint density at radius 2 is 0.333 bits per heavy atom. The number of nitrogens with zero attached hydrogens (tertiary/aromatic N) is 8. The van der Waals surface area contributed by atoms with Crippen LogP contribution in [0.5, 0.6) is 0 Å². The third-order valence-electron chi connectivity index (χ3n) is 18.4. The molecule has 4 aliphatic heterocycles. The van der Waals surface area contributed by atoms with Crippen LogP contribution in [0.3, 0.4) is 0 Å². The van der Waals surface area contributed by atoms with Crippen molar-refractivity contribution >= 4 is 45.7 Å². The molecule has 0 saturated heterocycles. The summed E-state index contributed by atoms with van der Waals surface area (Å²) in [4.78, 5) is 46.2. The van der Waals surface area contributed by atoms with Crippen LogP contribution < -0.4 is 0 Å². The van der Waals surface area contributed by atoms with E-state index in [4.69, 9.17) is 39.9 Å². The first-order valence-corrected chi connectivity index (χ1v) is 32.7. The standard InChI is InChI=1S/2C44H34N4/c1-31-19-15-17-29-37(31)43(45-39(33-21-7-3-8-22-33)40(46-43)34-23-9-4-10-24-34)44(38-30-18-16-20-32(38)2)47-41(35-25-11-5-12-26-35)42(48-44)36-27-13-6-14-28-36;1-31-23-27-37(28-24-31)43(45-39(33-15-7-3-8-16-33)40(46-43)34-17-9-4-10-18-34)44(38-29-25-32(2)26-30-38)47-41(35-19-11-5-12-20-35)42(48-44)36-21-13-6-14-22-36/h2*3-30H,1-2H3. The van der Waals surface area contributed by atoms with Gasteiger partial charge in [0.15, 0.2) is 0 Å². The van der Waals surface area contributed by atoms with Crippen LogP contribution >= 0.6 is 0 Å². The zero-order valence-electron chi connectivity index (χ0n) is 53.9. The van der Waals surface area contributed by atoms with Gasteiger partial charge in [0.1, 0.15) is 0 Å². The molecule has 96 heavy (non-hydrogen) atoms. The Kier molecular flexibility index (Phi) is 16.0. The normalized spacial score (nSPS) is 16.1. The summed E-state index contributed by atoms with van der Waals surface area (Å²) in [5.41, 5.74) is 17.6. The summed E-state index contributed by atoms with van der Waals surface area (Å²) < 4.78 is 0. The first-order valence-electron chi connectivity index (χ1n) is 32.7. The van der Waals surface area contributed by atoms with E-state index in [-0.39, 0.29) is 0 Å². The maximum absolute atomic E-state index is 5.81. The lowest BCUT2D eigenvalue weighted by atomic mass is 9.79. The summed E-state index contributed by atoms with van der Waals surface area (Å²) in [7, 11) is 0. The van der Waals surface area contributed by atoms with E-state index in [1.165, 1.54) is 0 Å². The van der Waals surface area contributed by atoms with Crippen molar-refractivity contribution in [2.45, 2.75) is 50.3 Å². The number of hydrogen-bond acceptors (Lipinski definition) is 8. The van der Waals surface area contributed by atoms with Crippen LogP contribution in [0, 0.1) is 27.7 Å². The van der Waals surface area contributed by atoms with E-state index in [1.54, 1.807) is 0 Å². The van der Waals surface area contributed by atoms with Gasteiger partial charge in [0, 0.05) is 66.8 Å². The largest absolute Gasteiger partial charge is 0.243 e. The van der Waals surface area contributed by atoms with E-state index in [1.807, 2.05) is 48.5 Å². The van der Waals surface area contributed by atoms with Crippen LogP contribution in [0.1, 0.15) is 89.0 Å². The van der Waals surface area contributed by atoms with E-state index in [2.05, 4.69) is 319 Å². The summed E-state index contributed by atoms with van der Waals surface area (Å²) in [5.74, 6) is 0. The summed E-state index contributed by atoms with van der Waals surface area (Å²) in [6.45, 7) is 8.47. The molecule has 0 N–H and O–H groups in total. The molecular formula is C88H68N8. The predicted molar refractivity (Wildman–Crippen MR) is 395 cm³/mol. The van der Waals surface area contributed by atoms with Crippen molar-refractivity contribution < 1.29 is 0 Å². The average molecular weight is 1240 g/mol. The van der Waals surface area contributed by atoms with E-state index >= 15 is 0 Å². The fraction of sp³-hybridized carbons (Fsp3) is 0.0909. The topological polar surface area (TPSA) is 98.9 Å². The van der Waals surface area contributed by atoms with E-state index < -0.39 is 22.7 Å². The van der Waals surface area contributed by atoms with Gasteiger partial charge in [-0.25, -0.2) is 39.9 Å². The van der Waals surface area contributed by atoms with Gasteiger partial charge in [0.25, 0.3) is 0 Å². The van der Waals surface area contributed by atoms with Gasteiger partial charge in [0.2, 0.25) is 22.7 Å². The SMILES string of the molecule is Cc1ccc(C2(C3(c4ccc(C)cc4)N=C(c4ccccc4)C(c4ccccc4)=N3)N=C(c3ccccc3)C(c3ccccc3)=N2)cc1.Cc1ccccc1C1(C2(c3ccccc3C)N=C(c3ccccc3)C(c3ccccc3)=N2)N=C(c2ccccc2)C(c2ccccc2)=N1. The highest BCUT2D eigenvalue weighted by Crippen LogP contribution is 2.57. The highest BCUT2D eigenvalue weighted by Gasteiger charge is 2.62. The lowest BCUT2D eigenvalue weighted by Gasteiger charge is -2.39. The lowest BCUT2D eigenvalue weighted by Crippen LogP contribution is -2.44. The molecule has 12 aromatic carbocycles. The fourth-order valence-corrected chi connectivity index (χ4v) is 13.6. The Balaban J connectivity index is 0.000000158. The van der Waals surface area contributed by atoms with Crippen molar-refractivity contribution in [1.82, 2.24) is 0 Å². The van der Waals surface area contributed by atoms with Crippen molar-refractivity contribution in [3.05, 3.63) is 429 Å². The van der Waals surface area contributed by atoms with E-state index in [9.17, 15) is 0 Å². The molecule has 0 atom stereocenters. The van der Waals surface area contributed by atoms with Gasteiger partial charge < -0.3 is 0 Å². The van der Waals surface area contributed by atoms with Gasteiger partial charge in [-0.1, -0.05) is 351 Å². The lowest BCUT2D eigenvalue weighted by molar-refractivity contribution is 0.255. The van der Waals surface area contributed by atoms with Crippen LogP contribution in [0.25, 0.3) is 0 Å². The first-order chi connectivity index (χ1) is 47.2. The smallest absolute Gasteiger partial charge is 0.226 e. The van der Waals surface area contributed by atoms with Gasteiger partial charge in [-0.2, -0.15) is 0 Å². The molecule has 0 radical (unpaired) electrons. The van der Waals surface area contributed by atoms with Crippen LogP contribution in [-0.4, -0.2) is 45.7 Å². The molecule has 0 fully saturated rings. The van der Waals surface area contributed by atoms with Gasteiger partial charge in [0.05, 0.1) is 45.7 Å². The summed E-state index contributed by atoms with van der Waals surface area (Å²) in [6, 6.07) is 117. The monoisotopic (exact) mass is 1240 g/mol. The Hall–Kier alpha value is -12.0. The zero-order valence-corrected chi connectivity index (χ0v) is 53.9. The number of aryl methyl sites for hydroxylation is 4. The second kappa shape index (κ2) is 25.5. The van der Waals surface area contributed by atoms with Gasteiger partial charge in [-0.3, -0.25) is 0 Å². The molecule has 0 unspecified atom stereocenters. The van der Waals surface area contributed by atoms with Crippen molar-refractivity contribution in [3.8, 4) is 0 Å². The molecule has 0 aromatic heterocycles. The van der Waals surface area contributed by atoms with Crippen molar-refractivity contribution in [1.29, 1.82) is 0 Å². The highest BCUT2D eigenvalue weighted by atomic mass is 15.3. The minimum absolute atomic E-state index is 0.814. The summed E-state index contributed by atoms with van der Waals surface area (Å²) in [6.07, 6.45) is 0. The molecule has 4 aliphatic rings. The van der Waals surface area contributed by atoms with Crippen molar-refractivity contribution in [3.63, 3.8) is 0 Å². The maximum atomic E-state index is 5.81. The molecule has 0 amide bonds. The van der Waals surface area contributed by atoms with Crippen LogP contribution in [-0.2, 0) is 22.7 Å². The molecule has 12 aromatic rings. The van der Waals surface area contributed by atoms with Crippen molar-refractivity contribution in [2.24, 2.45) is 39.9 Å². The third kappa shape index (κ3) is 10.7. The number of hydrogen-bond donors (Lipinski definition) is 0. The summed E-state index contributed by atoms with van der Waals surface area (Å²) in [5, 5.41) is 0. The van der Waals surface area contributed by atoms with Gasteiger partial charge >= 0.3 is 0 Å². The maximum Gasteiger partial charge on any atom is 0.226 e. The molecule has 460 valence electrons. The number of rotatable bonds is 14. The Labute approximate surface area is 561 Å². The number of aliphatic imine (C=N–C) groups is 8. The molecule has 8 nitrogen and oxygen atoms in total. The van der Waals surface area contributed by atoms with Gasteiger partial charge in [-0.05, 0) is 38.8 Å². The second-order valence-corrected chi connectivity index (χ2v) is 24.7. The average Bonchev–Trinajstić information content (AvgIpc) is 1.53. The van der Waals surface area contributed by atoms with Crippen LogP contribution in [0.4, 0.5) is 0 Å². The molecular weight excluding hydrogens is 1170 g/mol. The molecule has 4 heterocycles. The number of benzene rings is 12. The van der Waals surface area contributed by atoms with E-state index in [0.717, 1.165) is 135 Å². The molecule has 16 rings (SSSR count). The Bertz CT molecular complexity index is 4530. The van der Waals surface area contributed by atoms with Gasteiger partial charge in [-0.15, -0.1) is 0 Å². The first kappa shape index (κ1) is 60.3. The van der Waals surface area contributed by atoms with E-state index in [0.29, 0.717) is 0 Å². The highest BCUT2D eigenvalue weighted by molar-refractivity contribution is 6.57. The minimum atomic E-state index is -1.28. The molecule has 0 saturated carbocycles. The third-order valence-corrected chi connectivity index (χ3v) is 18.4. The van der Waals surface area contributed by atoms with Crippen LogP contribution in [0.15, 0.2) is 380 Å². The Morgan fingerprint density at radius 1 is 0.167 bits per heavy atom. The zero-order chi connectivity index (χ0) is 65.1. The fourth-order valence-electron chi connectivity index (χ4n) is 13.6. The molecule has 0 bridgehead atoms. The predicted octanol–water partition coefficient (Wildman–Crippen LogP) is 18.6. The minimum Gasteiger partial charge on any atom is -0.243 e. The van der Waals surface area contributed by atoms with Crippen LogP contribution in [0.2, 0.25) is 0 Å². The second-order valence-electron chi connectivity index (χ2n) is 24.7. The van der Waals surface area contributed by atoms with Crippen molar-refractivity contribution in [2.75, 3.05) is 0 Å².